The second-order valence-corrected chi connectivity index (χ2v) is 7.99. The summed E-state index contributed by atoms with van der Waals surface area (Å²) in [6.45, 7) is 3.97. The molecular weight excluding hydrogens is 280 g/mol. The van der Waals surface area contributed by atoms with Gasteiger partial charge in [0.05, 0.1) is 12.4 Å². The first kappa shape index (κ1) is 15.7. The van der Waals surface area contributed by atoms with E-state index in [0.29, 0.717) is 39.0 Å². The van der Waals surface area contributed by atoms with E-state index in [0.717, 1.165) is 6.42 Å². The molecule has 2 atom stereocenters. The number of aliphatic hydroxyl groups is 1. The van der Waals surface area contributed by atoms with Crippen LogP contribution in [0.4, 0.5) is 0 Å². The highest BCUT2D eigenvalue weighted by atomic mass is 32.2. The lowest BCUT2D eigenvalue weighted by Crippen LogP contribution is -2.43. The number of carbonyl (C=O) groups is 1. The third-order valence-corrected chi connectivity index (χ3v) is 5.79. The maximum absolute atomic E-state index is 12.4. The molecule has 0 radical (unpaired) electrons. The number of sulfonamides is 1. The Kier molecular flexibility index (Phi) is 4.71. The summed E-state index contributed by atoms with van der Waals surface area (Å²) in [5.41, 5.74) is 0. The number of hydrogen-bond donors (Lipinski definition) is 1. The summed E-state index contributed by atoms with van der Waals surface area (Å²) in [6, 6.07) is 0. The van der Waals surface area contributed by atoms with E-state index in [1.54, 1.807) is 6.92 Å². The Labute approximate surface area is 120 Å². The van der Waals surface area contributed by atoms with Crippen LogP contribution in [0, 0.1) is 11.8 Å². The molecule has 0 bridgehead atoms. The summed E-state index contributed by atoms with van der Waals surface area (Å²) in [5.74, 6) is 0.233. The minimum atomic E-state index is -3.14. The topological polar surface area (TPSA) is 77.9 Å². The molecule has 2 rings (SSSR count). The van der Waals surface area contributed by atoms with E-state index in [9.17, 15) is 18.3 Å². The molecule has 6 nitrogen and oxygen atoms in total. The Morgan fingerprint density at radius 1 is 1.20 bits per heavy atom. The van der Waals surface area contributed by atoms with Gasteiger partial charge in [-0.25, -0.2) is 12.7 Å². The molecule has 2 unspecified atom stereocenters. The molecule has 2 heterocycles. The van der Waals surface area contributed by atoms with E-state index in [1.165, 1.54) is 10.6 Å². The van der Waals surface area contributed by atoms with Gasteiger partial charge in [-0.15, -0.1) is 0 Å². The smallest absolute Gasteiger partial charge is 0.225 e. The molecule has 2 fully saturated rings. The van der Waals surface area contributed by atoms with Gasteiger partial charge in [0.25, 0.3) is 0 Å². The monoisotopic (exact) mass is 304 g/mol. The van der Waals surface area contributed by atoms with Crippen molar-refractivity contribution >= 4 is 15.9 Å². The average Bonchev–Trinajstić information content (AvgIpc) is 2.86. The van der Waals surface area contributed by atoms with Crippen molar-refractivity contribution in [3.05, 3.63) is 0 Å². The van der Waals surface area contributed by atoms with E-state index in [-0.39, 0.29) is 23.8 Å². The Morgan fingerprint density at radius 3 is 2.25 bits per heavy atom. The summed E-state index contributed by atoms with van der Waals surface area (Å²) in [4.78, 5) is 14.2. The van der Waals surface area contributed by atoms with Crippen molar-refractivity contribution in [2.24, 2.45) is 11.8 Å². The van der Waals surface area contributed by atoms with Crippen LogP contribution in [0.25, 0.3) is 0 Å². The number of amides is 1. The van der Waals surface area contributed by atoms with Crippen molar-refractivity contribution in [2.45, 2.75) is 32.3 Å². The molecule has 2 aliphatic rings. The van der Waals surface area contributed by atoms with Crippen LogP contribution >= 0.6 is 0 Å². The summed E-state index contributed by atoms with van der Waals surface area (Å²) < 4.78 is 24.3. The highest BCUT2D eigenvalue weighted by Gasteiger charge is 2.35. The summed E-state index contributed by atoms with van der Waals surface area (Å²) in [5, 5.41) is 9.57. The van der Waals surface area contributed by atoms with E-state index in [1.807, 2.05) is 4.90 Å². The quantitative estimate of drug-likeness (QED) is 0.789. The van der Waals surface area contributed by atoms with Gasteiger partial charge in [0.1, 0.15) is 0 Å². The van der Waals surface area contributed by atoms with E-state index in [4.69, 9.17) is 0 Å². The number of carbonyl (C=O) groups excluding carboxylic acids is 1. The van der Waals surface area contributed by atoms with Crippen molar-refractivity contribution < 1.29 is 18.3 Å². The second-order valence-electron chi connectivity index (χ2n) is 6.01. The molecule has 0 saturated carbocycles. The Hall–Kier alpha value is -0.660. The van der Waals surface area contributed by atoms with Crippen LogP contribution in [0.5, 0.6) is 0 Å². The number of rotatable bonds is 3. The van der Waals surface area contributed by atoms with Crippen LogP contribution in [0.15, 0.2) is 0 Å². The highest BCUT2D eigenvalue weighted by molar-refractivity contribution is 7.88. The highest BCUT2D eigenvalue weighted by Crippen LogP contribution is 2.26. The molecule has 1 N–H and O–H groups in total. The molecule has 0 aliphatic carbocycles. The first-order valence-corrected chi connectivity index (χ1v) is 9.06. The third kappa shape index (κ3) is 3.51. The van der Waals surface area contributed by atoms with Gasteiger partial charge in [-0.1, -0.05) is 0 Å². The summed E-state index contributed by atoms with van der Waals surface area (Å²) in [7, 11) is -3.14. The van der Waals surface area contributed by atoms with Gasteiger partial charge in [0.2, 0.25) is 15.9 Å². The molecule has 0 aromatic rings. The van der Waals surface area contributed by atoms with E-state index in [2.05, 4.69) is 0 Å². The molecule has 20 heavy (non-hydrogen) atoms. The van der Waals surface area contributed by atoms with Crippen molar-refractivity contribution in [1.82, 2.24) is 9.21 Å². The zero-order chi connectivity index (χ0) is 14.9. The Bertz CT molecular complexity index is 455. The van der Waals surface area contributed by atoms with Gasteiger partial charge < -0.3 is 10.0 Å². The lowest BCUT2D eigenvalue weighted by Gasteiger charge is -2.31. The SMILES string of the molecule is CC(O)C1CCN(C(=O)C2CCN(S(C)(=O)=O)CC2)C1. The maximum atomic E-state index is 12.4. The molecule has 0 aromatic carbocycles. The van der Waals surface area contributed by atoms with E-state index < -0.39 is 10.0 Å². The van der Waals surface area contributed by atoms with Crippen molar-refractivity contribution in [3.8, 4) is 0 Å². The zero-order valence-electron chi connectivity index (χ0n) is 12.2. The first-order chi connectivity index (χ1) is 9.29. The van der Waals surface area contributed by atoms with Crippen molar-refractivity contribution in [2.75, 3.05) is 32.4 Å². The van der Waals surface area contributed by atoms with Crippen LogP contribution in [0.2, 0.25) is 0 Å². The molecule has 116 valence electrons. The van der Waals surface area contributed by atoms with Crippen LogP contribution in [0.3, 0.4) is 0 Å². The Morgan fingerprint density at radius 2 is 1.80 bits per heavy atom. The number of likely N-dealkylation sites (tertiary alicyclic amines) is 1. The number of nitrogens with zero attached hydrogens (tertiary/aromatic N) is 2. The average molecular weight is 304 g/mol. The van der Waals surface area contributed by atoms with Crippen LogP contribution < -0.4 is 0 Å². The normalized spacial score (nSPS) is 27.8. The van der Waals surface area contributed by atoms with Gasteiger partial charge in [-0.05, 0) is 26.2 Å². The number of piperidine rings is 1. The maximum Gasteiger partial charge on any atom is 0.225 e. The molecule has 2 aliphatic heterocycles. The predicted octanol–water partition coefficient (Wildman–Crippen LogP) is -0.113. The largest absolute Gasteiger partial charge is 0.393 e. The lowest BCUT2D eigenvalue weighted by molar-refractivity contribution is -0.135. The molecule has 0 spiro atoms. The van der Waals surface area contributed by atoms with Gasteiger partial charge in [-0.3, -0.25) is 4.79 Å². The molecule has 7 heteroatoms. The van der Waals surface area contributed by atoms with Crippen LogP contribution in [-0.4, -0.2) is 67.2 Å². The van der Waals surface area contributed by atoms with Gasteiger partial charge in [0, 0.05) is 38.0 Å². The minimum absolute atomic E-state index is 0.0688. The minimum Gasteiger partial charge on any atom is -0.393 e. The number of hydrogen-bond acceptors (Lipinski definition) is 4. The fourth-order valence-electron chi connectivity index (χ4n) is 3.07. The third-order valence-electron chi connectivity index (χ3n) is 4.49. The first-order valence-electron chi connectivity index (χ1n) is 7.21. The molecule has 1 amide bonds. The van der Waals surface area contributed by atoms with Crippen molar-refractivity contribution in [1.29, 1.82) is 0 Å². The van der Waals surface area contributed by atoms with Crippen LogP contribution in [0.1, 0.15) is 26.2 Å². The van der Waals surface area contributed by atoms with Gasteiger partial charge >= 0.3 is 0 Å². The molecular formula is C13H24N2O4S. The lowest BCUT2D eigenvalue weighted by atomic mass is 9.96. The van der Waals surface area contributed by atoms with Crippen LogP contribution in [-0.2, 0) is 14.8 Å². The second kappa shape index (κ2) is 5.99. The fraction of sp³-hybridized carbons (Fsp3) is 0.923. The summed E-state index contributed by atoms with van der Waals surface area (Å²) in [6.07, 6.45) is 2.89. The fourth-order valence-corrected chi connectivity index (χ4v) is 3.95. The number of aliphatic hydroxyl groups excluding tert-OH is 1. The van der Waals surface area contributed by atoms with Gasteiger partial charge in [-0.2, -0.15) is 0 Å². The van der Waals surface area contributed by atoms with Gasteiger partial charge in [0.15, 0.2) is 0 Å². The standard InChI is InChI=1S/C13H24N2O4S/c1-10(16)12-3-6-14(9-12)13(17)11-4-7-15(8-5-11)20(2,18)19/h10-12,16H,3-9H2,1-2H3. The Balaban J connectivity index is 1.87. The van der Waals surface area contributed by atoms with Crippen molar-refractivity contribution in [3.63, 3.8) is 0 Å². The summed E-state index contributed by atoms with van der Waals surface area (Å²) >= 11 is 0. The van der Waals surface area contributed by atoms with E-state index >= 15 is 0 Å². The zero-order valence-corrected chi connectivity index (χ0v) is 13.0. The molecule has 2 saturated heterocycles. The molecule has 0 aromatic heterocycles. The predicted molar refractivity (Wildman–Crippen MR) is 75.5 cm³/mol.